The summed E-state index contributed by atoms with van der Waals surface area (Å²) in [6.07, 6.45) is 0. The van der Waals surface area contributed by atoms with E-state index < -0.39 is 0 Å². The lowest BCUT2D eigenvalue weighted by atomic mass is 9.95. The number of aryl methyl sites for hydroxylation is 1. The Morgan fingerprint density at radius 2 is 1.70 bits per heavy atom. The van der Waals surface area contributed by atoms with Crippen molar-refractivity contribution >= 4 is 22.1 Å². The summed E-state index contributed by atoms with van der Waals surface area (Å²) in [5.74, 6) is 0.660. The third-order valence-corrected chi connectivity index (χ3v) is 4.69. The third-order valence-electron chi connectivity index (χ3n) is 3.75. The van der Waals surface area contributed by atoms with Crippen molar-refractivity contribution in [3.63, 3.8) is 0 Å². The topological polar surface area (TPSA) is 52.3 Å². The highest BCUT2D eigenvalue weighted by Gasteiger charge is 2.22. The first kappa shape index (κ1) is 15.3. The molecule has 0 bridgehead atoms. The van der Waals surface area contributed by atoms with Gasteiger partial charge in [-0.25, -0.2) is 0 Å². The van der Waals surface area contributed by atoms with Crippen molar-refractivity contribution in [2.45, 2.75) is 6.92 Å². The van der Waals surface area contributed by atoms with Gasteiger partial charge < -0.3 is 10.5 Å². The maximum Gasteiger partial charge on any atom is 0.196 e. The molecule has 0 aliphatic rings. The van der Waals surface area contributed by atoms with Gasteiger partial charge in [-0.3, -0.25) is 4.79 Å². The van der Waals surface area contributed by atoms with Crippen molar-refractivity contribution in [2.24, 2.45) is 0 Å². The molecule has 0 aliphatic heterocycles. The van der Waals surface area contributed by atoms with E-state index in [2.05, 4.69) is 0 Å². The van der Waals surface area contributed by atoms with Gasteiger partial charge in [0.1, 0.15) is 5.75 Å². The molecule has 0 unspecified atom stereocenters. The maximum atomic E-state index is 13.0. The minimum absolute atomic E-state index is 0.0617. The van der Waals surface area contributed by atoms with Crippen LogP contribution in [0.3, 0.4) is 0 Å². The van der Waals surface area contributed by atoms with Gasteiger partial charge in [0.2, 0.25) is 0 Å². The number of hydrogen-bond donors (Lipinski definition) is 1. The zero-order chi connectivity index (χ0) is 16.4. The largest absolute Gasteiger partial charge is 0.497 e. The van der Waals surface area contributed by atoms with Crippen molar-refractivity contribution in [1.82, 2.24) is 0 Å². The van der Waals surface area contributed by atoms with Gasteiger partial charge in [-0.1, -0.05) is 30.3 Å². The zero-order valence-electron chi connectivity index (χ0n) is 13.0. The highest BCUT2D eigenvalue weighted by atomic mass is 32.1. The molecule has 0 aliphatic carbocycles. The van der Waals surface area contributed by atoms with E-state index in [-0.39, 0.29) is 5.78 Å². The third kappa shape index (κ3) is 2.85. The molecule has 116 valence electrons. The van der Waals surface area contributed by atoms with Gasteiger partial charge in [0.25, 0.3) is 0 Å². The Morgan fingerprint density at radius 3 is 2.30 bits per heavy atom. The Kier molecular flexibility index (Phi) is 4.17. The first-order chi connectivity index (χ1) is 11.1. The predicted octanol–water partition coefficient (Wildman–Crippen LogP) is 4.55. The van der Waals surface area contributed by atoms with Crippen molar-refractivity contribution in [1.29, 1.82) is 0 Å². The standard InChI is InChI=1S/C19H17NO2S/c1-12-16(13-6-4-3-5-7-13)17(19(20)23-12)18(21)14-8-10-15(22-2)11-9-14/h3-11H,20H2,1-2H3. The van der Waals surface area contributed by atoms with Crippen LogP contribution in [0.5, 0.6) is 5.75 Å². The Balaban J connectivity index is 2.10. The molecule has 0 radical (unpaired) electrons. The SMILES string of the molecule is COc1ccc(C(=O)c2c(N)sc(C)c2-c2ccccc2)cc1. The fourth-order valence-electron chi connectivity index (χ4n) is 2.63. The summed E-state index contributed by atoms with van der Waals surface area (Å²) in [5, 5.41) is 0.558. The lowest BCUT2D eigenvalue weighted by Crippen LogP contribution is -2.04. The van der Waals surface area contributed by atoms with Crippen molar-refractivity contribution < 1.29 is 9.53 Å². The number of hydrogen-bond acceptors (Lipinski definition) is 4. The molecule has 3 nitrogen and oxygen atoms in total. The molecule has 0 atom stereocenters. The number of carbonyl (C=O) groups is 1. The van der Waals surface area contributed by atoms with Gasteiger partial charge >= 0.3 is 0 Å². The van der Waals surface area contributed by atoms with Crippen LogP contribution in [0.2, 0.25) is 0 Å². The first-order valence-corrected chi connectivity index (χ1v) is 8.06. The van der Waals surface area contributed by atoms with Gasteiger partial charge in [-0.15, -0.1) is 11.3 Å². The molecule has 4 heteroatoms. The molecule has 2 aromatic carbocycles. The number of nitrogens with two attached hydrogens (primary N) is 1. The van der Waals surface area contributed by atoms with E-state index >= 15 is 0 Å². The van der Waals surface area contributed by atoms with Crippen LogP contribution < -0.4 is 10.5 Å². The van der Waals surface area contributed by atoms with Crippen molar-refractivity contribution in [3.05, 3.63) is 70.6 Å². The van der Waals surface area contributed by atoms with E-state index in [1.807, 2.05) is 37.3 Å². The normalized spacial score (nSPS) is 10.5. The molecule has 1 aromatic heterocycles. The van der Waals surface area contributed by atoms with Crippen LogP contribution in [0.4, 0.5) is 5.00 Å². The highest BCUT2D eigenvalue weighted by Crippen LogP contribution is 2.39. The molecule has 0 saturated carbocycles. The van der Waals surface area contributed by atoms with E-state index in [0.29, 0.717) is 16.1 Å². The van der Waals surface area contributed by atoms with Crippen LogP contribution in [-0.2, 0) is 0 Å². The lowest BCUT2D eigenvalue weighted by molar-refractivity contribution is 0.104. The fraction of sp³-hybridized carbons (Fsp3) is 0.105. The monoisotopic (exact) mass is 323 g/mol. The number of nitrogen functional groups attached to an aromatic ring is 1. The Morgan fingerprint density at radius 1 is 1.04 bits per heavy atom. The summed E-state index contributed by atoms with van der Waals surface area (Å²) >= 11 is 1.45. The number of anilines is 1. The molecular weight excluding hydrogens is 306 g/mol. The first-order valence-electron chi connectivity index (χ1n) is 7.25. The summed E-state index contributed by atoms with van der Waals surface area (Å²) < 4.78 is 5.14. The minimum atomic E-state index is -0.0617. The van der Waals surface area contributed by atoms with Crippen LogP contribution in [0.15, 0.2) is 54.6 Å². The fourth-order valence-corrected chi connectivity index (χ4v) is 3.58. The molecule has 23 heavy (non-hydrogen) atoms. The van der Waals surface area contributed by atoms with Crippen LogP contribution in [0.25, 0.3) is 11.1 Å². The number of rotatable bonds is 4. The van der Waals surface area contributed by atoms with Gasteiger partial charge in [0.15, 0.2) is 5.78 Å². The van der Waals surface area contributed by atoms with Crippen molar-refractivity contribution in [2.75, 3.05) is 12.8 Å². The molecule has 0 saturated heterocycles. The van der Waals surface area contributed by atoms with Crippen LogP contribution in [-0.4, -0.2) is 12.9 Å². The maximum absolute atomic E-state index is 13.0. The smallest absolute Gasteiger partial charge is 0.196 e. The van der Waals surface area contributed by atoms with Crippen LogP contribution >= 0.6 is 11.3 Å². The Labute approximate surface area is 139 Å². The molecule has 3 rings (SSSR count). The van der Waals surface area contributed by atoms with Gasteiger partial charge in [0, 0.05) is 16.0 Å². The van der Waals surface area contributed by atoms with E-state index in [9.17, 15) is 4.79 Å². The molecule has 3 aromatic rings. The number of ketones is 1. The van der Waals surface area contributed by atoms with Crippen LogP contribution in [0, 0.1) is 6.92 Å². The zero-order valence-corrected chi connectivity index (χ0v) is 13.8. The summed E-state index contributed by atoms with van der Waals surface area (Å²) in [7, 11) is 1.60. The summed E-state index contributed by atoms with van der Waals surface area (Å²) in [5.41, 5.74) is 9.27. The molecule has 2 N–H and O–H groups in total. The summed E-state index contributed by atoms with van der Waals surface area (Å²) in [6, 6.07) is 17.0. The number of ether oxygens (including phenoxy) is 1. The average molecular weight is 323 g/mol. The molecule has 0 fully saturated rings. The second-order valence-electron chi connectivity index (χ2n) is 5.20. The van der Waals surface area contributed by atoms with E-state index in [1.54, 1.807) is 31.4 Å². The highest BCUT2D eigenvalue weighted by molar-refractivity contribution is 7.16. The Bertz CT molecular complexity index is 836. The van der Waals surface area contributed by atoms with Gasteiger partial charge in [0.05, 0.1) is 17.7 Å². The number of benzene rings is 2. The van der Waals surface area contributed by atoms with Crippen molar-refractivity contribution in [3.8, 4) is 16.9 Å². The Hall–Kier alpha value is -2.59. The molecule has 1 heterocycles. The predicted molar refractivity (Wildman–Crippen MR) is 95.3 cm³/mol. The van der Waals surface area contributed by atoms with Gasteiger partial charge in [-0.2, -0.15) is 0 Å². The lowest BCUT2D eigenvalue weighted by Gasteiger charge is -2.07. The number of thiophene rings is 1. The second-order valence-corrected chi connectivity index (χ2v) is 6.45. The molecule has 0 spiro atoms. The summed E-state index contributed by atoms with van der Waals surface area (Å²) in [4.78, 5) is 14.0. The number of carbonyl (C=O) groups excluding carboxylic acids is 1. The van der Waals surface area contributed by atoms with Crippen LogP contribution in [0.1, 0.15) is 20.8 Å². The summed E-state index contributed by atoms with van der Waals surface area (Å²) in [6.45, 7) is 1.99. The minimum Gasteiger partial charge on any atom is -0.497 e. The second kappa shape index (κ2) is 6.26. The van der Waals surface area contributed by atoms with E-state index in [1.165, 1.54) is 11.3 Å². The molecular formula is C19H17NO2S. The van der Waals surface area contributed by atoms with E-state index in [0.717, 1.165) is 21.8 Å². The van der Waals surface area contributed by atoms with E-state index in [4.69, 9.17) is 10.5 Å². The molecule has 0 amide bonds. The quantitative estimate of drug-likeness (QED) is 0.717. The average Bonchev–Trinajstić information content (AvgIpc) is 2.89. The van der Waals surface area contributed by atoms with Gasteiger partial charge in [-0.05, 0) is 36.8 Å². The number of methoxy groups -OCH3 is 1.